The lowest BCUT2D eigenvalue weighted by atomic mass is 10.0. The fourth-order valence-corrected chi connectivity index (χ4v) is 2.63. The zero-order chi connectivity index (χ0) is 19.3. The first-order chi connectivity index (χ1) is 12.9. The number of hydrogen-bond acceptors (Lipinski definition) is 6. The number of carbonyl (C=O) groups excluding carboxylic acids is 1. The topological polar surface area (TPSA) is 73.3 Å². The summed E-state index contributed by atoms with van der Waals surface area (Å²) in [4.78, 5) is 20.8. The van der Waals surface area contributed by atoms with E-state index in [1.807, 2.05) is 51.1 Å². The van der Waals surface area contributed by atoms with Gasteiger partial charge < -0.3 is 14.8 Å². The summed E-state index contributed by atoms with van der Waals surface area (Å²) in [5, 5.41) is 3.23. The van der Waals surface area contributed by atoms with E-state index in [0.29, 0.717) is 5.75 Å². The zero-order valence-corrected chi connectivity index (χ0v) is 15.9. The Balaban J connectivity index is 1.72. The molecule has 1 unspecified atom stereocenters. The summed E-state index contributed by atoms with van der Waals surface area (Å²) >= 11 is 0. The maximum absolute atomic E-state index is 12.6. The SMILES string of the molecule is CC(C)(C)OC(=O)C(Oc1cncc(C=Cc2ccncc2)c1)[C@@H]1CCN1. The molecule has 0 radical (unpaired) electrons. The summed E-state index contributed by atoms with van der Waals surface area (Å²) < 4.78 is 11.5. The summed E-state index contributed by atoms with van der Waals surface area (Å²) in [7, 11) is 0. The van der Waals surface area contributed by atoms with Crippen LogP contribution in [0.15, 0.2) is 43.0 Å². The number of esters is 1. The third-order valence-corrected chi connectivity index (χ3v) is 4.04. The molecule has 3 rings (SSSR count). The molecule has 6 heteroatoms. The molecule has 1 saturated heterocycles. The Kier molecular flexibility index (Phi) is 5.86. The van der Waals surface area contributed by atoms with Gasteiger partial charge in [-0.25, -0.2) is 4.79 Å². The lowest BCUT2D eigenvalue weighted by Crippen LogP contribution is -2.57. The van der Waals surface area contributed by atoms with Crippen LogP contribution in [0.4, 0.5) is 0 Å². The molecule has 1 fully saturated rings. The van der Waals surface area contributed by atoms with E-state index in [9.17, 15) is 4.79 Å². The average molecular weight is 367 g/mol. The number of nitrogens with one attached hydrogen (secondary N) is 1. The highest BCUT2D eigenvalue weighted by atomic mass is 16.6. The van der Waals surface area contributed by atoms with Crippen molar-refractivity contribution in [3.05, 3.63) is 54.1 Å². The predicted molar refractivity (Wildman–Crippen MR) is 104 cm³/mol. The third kappa shape index (κ3) is 5.62. The van der Waals surface area contributed by atoms with Crippen LogP contribution in [0, 0.1) is 0 Å². The molecule has 0 spiro atoms. The molecule has 2 aromatic rings. The average Bonchev–Trinajstić information content (AvgIpc) is 2.58. The number of aromatic nitrogens is 2. The summed E-state index contributed by atoms with van der Waals surface area (Å²) in [6.45, 7) is 6.42. The Hall–Kier alpha value is -2.73. The monoisotopic (exact) mass is 367 g/mol. The van der Waals surface area contributed by atoms with E-state index in [2.05, 4.69) is 15.3 Å². The molecule has 1 N–H and O–H groups in total. The lowest BCUT2D eigenvalue weighted by molar-refractivity contribution is -0.165. The normalized spacial score (nSPS) is 18.0. The van der Waals surface area contributed by atoms with Crippen molar-refractivity contribution in [1.29, 1.82) is 0 Å². The van der Waals surface area contributed by atoms with Crippen molar-refractivity contribution in [2.45, 2.75) is 44.9 Å². The van der Waals surface area contributed by atoms with Gasteiger partial charge in [-0.1, -0.05) is 12.2 Å². The number of pyridine rings is 2. The molecule has 1 aliphatic rings. The first-order valence-corrected chi connectivity index (χ1v) is 9.07. The van der Waals surface area contributed by atoms with Gasteiger partial charge in [0.1, 0.15) is 11.4 Å². The minimum atomic E-state index is -0.695. The predicted octanol–water partition coefficient (Wildman–Crippen LogP) is 3.10. The van der Waals surface area contributed by atoms with Gasteiger partial charge in [0.25, 0.3) is 0 Å². The highest BCUT2D eigenvalue weighted by molar-refractivity contribution is 5.77. The Bertz CT molecular complexity index is 796. The van der Waals surface area contributed by atoms with E-state index in [4.69, 9.17) is 9.47 Å². The second-order valence-corrected chi connectivity index (χ2v) is 7.49. The van der Waals surface area contributed by atoms with Crippen LogP contribution in [0.1, 0.15) is 38.3 Å². The van der Waals surface area contributed by atoms with Crippen LogP contribution >= 0.6 is 0 Å². The van der Waals surface area contributed by atoms with Crippen LogP contribution in [-0.2, 0) is 9.53 Å². The standard InChI is InChI=1S/C21H25N3O3/c1-21(2,3)27-20(25)19(18-8-11-24-18)26-17-12-16(13-23-14-17)5-4-15-6-9-22-10-7-15/h4-7,9-10,12-14,18-19,24H,8,11H2,1-3H3/t18-,19?/m0/s1. The molecule has 0 aromatic carbocycles. The van der Waals surface area contributed by atoms with E-state index in [1.165, 1.54) is 0 Å². The van der Waals surface area contributed by atoms with Crippen LogP contribution in [0.2, 0.25) is 0 Å². The molecular formula is C21H25N3O3. The maximum atomic E-state index is 12.6. The van der Waals surface area contributed by atoms with Crippen molar-refractivity contribution in [2.75, 3.05) is 6.54 Å². The van der Waals surface area contributed by atoms with Crippen molar-refractivity contribution in [2.24, 2.45) is 0 Å². The molecule has 0 amide bonds. The van der Waals surface area contributed by atoms with Crippen molar-refractivity contribution in [1.82, 2.24) is 15.3 Å². The number of carbonyl (C=O) groups is 1. The van der Waals surface area contributed by atoms with Crippen LogP contribution in [0.5, 0.6) is 5.75 Å². The second kappa shape index (κ2) is 8.31. The van der Waals surface area contributed by atoms with E-state index in [-0.39, 0.29) is 12.0 Å². The van der Waals surface area contributed by atoms with E-state index in [0.717, 1.165) is 24.1 Å². The van der Waals surface area contributed by atoms with E-state index >= 15 is 0 Å². The van der Waals surface area contributed by atoms with Gasteiger partial charge in [-0.2, -0.15) is 0 Å². The van der Waals surface area contributed by atoms with Crippen LogP contribution in [0.25, 0.3) is 12.2 Å². The Morgan fingerprint density at radius 1 is 1.19 bits per heavy atom. The van der Waals surface area contributed by atoms with Gasteiger partial charge in [0, 0.05) is 18.6 Å². The van der Waals surface area contributed by atoms with Crippen molar-refractivity contribution < 1.29 is 14.3 Å². The minimum absolute atomic E-state index is 0.0455. The first-order valence-electron chi connectivity index (χ1n) is 9.07. The first kappa shape index (κ1) is 19.0. The Labute approximate surface area is 159 Å². The molecule has 0 bridgehead atoms. The zero-order valence-electron chi connectivity index (χ0n) is 15.9. The van der Waals surface area contributed by atoms with Gasteiger partial charge in [-0.05, 0) is 63.1 Å². The largest absolute Gasteiger partial charge is 0.475 e. The number of rotatable bonds is 6. The highest BCUT2D eigenvalue weighted by Gasteiger charge is 2.37. The van der Waals surface area contributed by atoms with Gasteiger partial charge in [0.15, 0.2) is 0 Å². The summed E-state index contributed by atoms with van der Waals surface area (Å²) in [5.74, 6) is 0.175. The molecule has 3 heterocycles. The molecule has 142 valence electrons. The summed E-state index contributed by atoms with van der Waals surface area (Å²) in [6.07, 6.45) is 10.9. The molecule has 0 aliphatic carbocycles. The molecule has 6 nitrogen and oxygen atoms in total. The van der Waals surface area contributed by atoms with E-state index in [1.54, 1.807) is 24.8 Å². The van der Waals surface area contributed by atoms with Crippen LogP contribution in [0.3, 0.4) is 0 Å². The lowest BCUT2D eigenvalue weighted by Gasteiger charge is -2.35. The van der Waals surface area contributed by atoms with Crippen molar-refractivity contribution in [3.63, 3.8) is 0 Å². The maximum Gasteiger partial charge on any atom is 0.349 e. The fourth-order valence-electron chi connectivity index (χ4n) is 2.63. The molecule has 0 saturated carbocycles. The number of nitrogens with zero attached hydrogens (tertiary/aromatic N) is 2. The van der Waals surface area contributed by atoms with Crippen LogP contribution < -0.4 is 10.1 Å². The van der Waals surface area contributed by atoms with Gasteiger partial charge in [0.2, 0.25) is 6.10 Å². The number of hydrogen-bond donors (Lipinski definition) is 1. The smallest absolute Gasteiger partial charge is 0.349 e. The third-order valence-electron chi connectivity index (χ3n) is 4.04. The molecule has 27 heavy (non-hydrogen) atoms. The Morgan fingerprint density at radius 2 is 1.89 bits per heavy atom. The van der Waals surface area contributed by atoms with Crippen molar-refractivity contribution >= 4 is 18.1 Å². The molecule has 1 aliphatic heterocycles. The molecule has 2 aromatic heterocycles. The van der Waals surface area contributed by atoms with E-state index < -0.39 is 11.7 Å². The Morgan fingerprint density at radius 3 is 2.52 bits per heavy atom. The van der Waals surface area contributed by atoms with Gasteiger partial charge in [-0.3, -0.25) is 9.97 Å². The van der Waals surface area contributed by atoms with Gasteiger partial charge in [0.05, 0.1) is 12.2 Å². The van der Waals surface area contributed by atoms with Gasteiger partial charge in [-0.15, -0.1) is 0 Å². The van der Waals surface area contributed by atoms with Gasteiger partial charge >= 0.3 is 5.97 Å². The number of ether oxygens (including phenoxy) is 2. The van der Waals surface area contributed by atoms with Crippen molar-refractivity contribution in [3.8, 4) is 5.75 Å². The second-order valence-electron chi connectivity index (χ2n) is 7.49. The highest BCUT2D eigenvalue weighted by Crippen LogP contribution is 2.21. The quantitative estimate of drug-likeness (QED) is 0.791. The minimum Gasteiger partial charge on any atom is -0.475 e. The van der Waals surface area contributed by atoms with Crippen LogP contribution in [-0.4, -0.2) is 40.2 Å². The fraction of sp³-hybridized carbons (Fsp3) is 0.381. The molecular weight excluding hydrogens is 342 g/mol. The summed E-state index contributed by atoms with van der Waals surface area (Å²) in [5.41, 5.74) is 1.37. The molecule has 2 atom stereocenters. The summed E-state index contributed by atoms with van der Waals surface area (Å²) in [6, 6.07) is 5.66.